The van der Waals surface area contributed by atoms with E-state index in [9.17, 15) is 19.5 Å². The summed E-state index contributed by atoms with van der Waals surface area (Å²) in [5, 5.41) is 16.5. The van der Waals surface area contributed by atoms with Gasteiger partial charge in [-0.05, 0) is 47.0 Å². The van der Waals surface area contributed by atoms with Crippen molar-refractivity contribution in [3.8, 4) is 0 Å². The number of aliphatic imine (C=N–C) groups is 1. The maximum absolute atomic E-state index is 12.6. The fourth-order valence-corrected chi connectivity index (χ4v) is 3.64. The zero-order valence-electron chi connectivity index (χ0n) is 18.0. The van der Waals surface area contributed by atoms with E-state index in [0.29, 0.717) is 5.69 Å². The number of aryl methyl sites for hydroxylation is 1. The predicted molar refractivity (Wildman–Crippen MR) is 126 cm³/mol. The van der Waals surface area contributed by atoms with Gasteiger partial charge in [0.05, 0.1) is 24.7 Å². The number of carbonyl (C=O) groups excluding carboxylic acids is 2. The number of carbonyl (C=O) groups is 3. The maximum atomic E-state index is 12.6. The van der Waals surface area contributed by atoms with Crippen LogP contribution in [0.15, 0.2) is 65.7 Å². The van der Waals surface area contributed by atoms with Crippen molar-refractivity contribution in [3.05, 3.63) is 77.4 Å². The van der Waals surface area contributed by atoms with Gasteiger partial charge in [-0.25, -0.2) is 4.99 Å². The summed E-state index contributed by atoms with van der Waals surface area (Å²) in [4.78, 5) is 40.5. The second kappa shape index (κ2) is 10.3. The summed E-state index contributed by atoms with van der Waals surface area (Å²) in [5.74, 6) is -2.19. The quantitative estimate of drug-likeness (QED) is 0.263. The fraction of sp³-hybridized carbons (Fsp3) is 0.167. The highest BCUT2D eigenvalue weighted by molar-refractivity contribution is 5.97. The molecule has 2 amide bonds. The molecule has 0 aliphatic heterocycles. The number of fused-ring (bicyclic) bond motifs is 1. The van der Waals surface area contributed by atoms with Gasteiger partial charge in [-0.15, -0.1) is 0 Å². The Balaban J connectivity index is 1.75. The summed E-state index contributed by atoms with van der Waals surface area (Å²) in [6, 6.07) is 16.9. The summed E-state index contributed by atoms with van der Waals surface area (Å²) in [5.41, 5.74) is 13.0. The van der Waals surface area contributed by atoms with Crippen molar-refractivity contribution in [2.24, 2.45) is 16.5 Å². The van der Waals surface area contributed by atoms with Crippen LogP contribution in [0.5, 0.6) is 0 Å². The van der Waals surface area contributed by atoms with Crippen molar-refractivity contribution in [1.29, 1.82) is 0 Å². The Labute approximate surface area is 190 Å². The lowest BCUT2D eigenvalue weighted by atomic mass is 9.92. The molecule has 0 fully saturated rings. The van der Waals surface area contributed by atoms with E-state index in [4.69, 9.17) is 11.5 Å². The van der Waals surface area contributed by atoms with Crippen LogP contribution in [0.25, 0.3) is 10.8 Å². The molecule has 0 aliphatic rings. The van der Waals surface area contributed by atoms with Gasteiger partial charge in [0, 0.05) is 5.56 Å². The molecule has 0 spiro atoms. The highest BCUT2D eigenvalue weighted by Crippen LogP contribution is 2.29. The predicted octanol–water partition coefficient (Wildman–Crippen LogP) is 2.12. The minimum atomic E-state index is -1.05. The molecule has 0 aromatic heterocycles. The molecule has 7 N–H and O–H groups in total. The lowest BCUT2D eigenvalue weighted by Crippen LogP contribution is -2.39. The van der Waals surface area contributed by atoms with Crippen molar-refractivity contribution in [2.75, 3.05) is 6.54 Å². The minimum Gasteiger partial charge on any atom is -0.481 e. The number of nitrogens with two attached hydrogens (primary N) is 2. The fourth-order valence-electron chi connectivity index (χ4n) is 3.64. The number of hydrogen-bond acceptors (Lipinski definition) is 4. The molecule has 3 rings (SSSR count). The van der Waals surface area contributed by atoms with Gasteiger partial charge in [-0.3, -0.25) is 14.4 Å². The molecule has 9 nitrogen and oxygen atoms in total. The van der Waals surface area contributed by atoms with Crippen LogP contribution in [-0.2, 0) is 9.59 Å². The SMILES string of the molecule is Cc1ccc2ccccc2c1C(CC(=O)O)NC(=O)CNC(=O)c1cccc(N=C(N)N)c1. The largest absolute Gasteiger partial charge is 0.481 e. The zero-order chi connectivity index (χ0) is 24.0. The first-order chi connectivity index (χ1) is 15.7. The van der Waals surface area contributed by atoms with Crippen LogP contribution in [0.1, 0.15) is 33.9 Å². The third-order valence-corrected chi connectivity index (χ3v) is 5.03. The van der Waals surface area contributed by atoms with E-state index in [1.54, 1.807) is 18.2 Å². The van der Waals surface area contributed by atoms with Crippen LogP contribution in [0.2, 0.25) is 0 Å². The van der Waals surface area contributed by atoms with Gasteiger partial charge in [0.25, 0.3) is 5.91 Å². The van der Waals surface area contributed by atoms with Crippen LogP contribution < -0.4 is 22.1 Å². The number of carboxylic acids is 1. The van der Waals surface area contributed by atoms with Crippen molar-refractivity contribution in [1.82, 2.24) is 10.6 Å². The molecular formula is C24H25N5O4. The number of hydrogen-bond donors (Lipinski definition) is 5. The van der Waals surface area contributed by atoms with Gasteiger partial charge in [0.1, 0.15) is 0 Å². The van der Waals surface area contributed by atoms with E-state index >= 15 is 0 Å². The standard InChI is InChI=1S/C24H25N5O4/c1-14-9-10-15-5-2-3-8-18(15)22(14)19(12-21(31)32)29-20(30)13-27-23(33)16-6-4-7-17(11-16)28-24(25)26/h2-11,19H,12-13H2,1H3,(H,27,33)(H,29,30)(H,31,32)(H4,25,26,28). The molecule has 9 heteroatoms. The summed E-state index contributed by atoms with van der Waals surface area (Å²) in [6.45, 7) is 1.54. The van der Waals surface area contributed by atoms with Crippen LogP contribution in [0.3, 0.4) is 0 Å². The van der Waals surface area contributed by atoms with Gasteiger partial charge in [0.2, 0.25) is 5.91 Å². The number of carboxylic acid groups (broad SMARTS) is 1. The third-order valence-electron chi connectivity index (χ3n) is 5.03. The monoisotopic (exact) mass is 447 g/mol. The van der Waals surface area contributed by atoms with Crippen molar-refractivity contribution in [3.63, 3.8) is 0 Å². The number of nitrogens with one attached hydrogen (secondary N) is 2. The third kappa shape index (κ3) is 6.07. The van der Waals surface area contributed by atoms with Crippen LogP contribution in [-0.4, -0.2) is 35.4 Å². The average molecular weight is 447 g/mol. The minimum absolute atomic E-state index is 0.139. The molecule has 3 aromatic carbocycles. The van der Waals surface area contributed by atoms with Crippen molar-refractivity contribution < 1.29 is 19.5 Å². The normalized spacial score (nSPS) is 11.4. The maximum Gasteiger partial charge on any atom is 0.305 e. The highest BCUT2D eigenvalue weighted by Gasteiger charge is 2.22. The zero-order valence-corrected chi connectivity index (χ0v) is 18.0. The number of amides is 2. The van der Waals surface area contributed by atoms with E-state index in [-0.39, 0.29) is 24.5 Å². The van der Waals surface area contributed by atoms with E-state index in [2.05, 4.69) is 15.6 Å². The molecule has 0 saturated heterocycles. The lowest BCUT2D eigenvalue weighted by molar-refractivity contribution is -0.137. The Hall–Kier alpha value is -4.40. The molecule has 1 unspecified atom stereocenters. The first-order valence-electron chi connectivity index (χ1n) is 10.2. The molecule has 0 aliphatic carbocycles. The second-order valence-corrected chi connectivity index (χ2v) is 7.50. The van der Waals surface area contributed by atoms with Crippen molar-refractivity contribution in [2.45, 2.75) is 19.4 Å². The average Bonchev–Trinajstić information content (AvgIpc) is 2.76. The lowest BCUT2D eigenvalue weighted by Gasteiger charge is -2.22. The molecule has 170 valence electrons. The number of benzene rings is 3. The number of guanidine groups is 1. The molecule has 0 radical (unpaired) electrons. The number of nitrogens with zero attached hydrogens (tertiary/aromatic N) is 1. The van der Waals surface area contributed by atoms with Gasteiger partial charge < -0.3 is 27.2 Å². The van der Waals surface area contributed by atoms with E-state index in [0.717, 1.165) is 21.9 Å². The molecule has 0 heterocycles. The molecule has 3 aromatic rings. The molecule has 33 heavy (non-hydrogen) atoms. The van der Waals surface area contributed by atoms with Gasteiger partial charge in [-0.1, -0.05) is 42.5 Å². The Kier molecular flexibility index (Phi) is 7.24. The number of rotatable bonds is 8. The molecule has 0 bridgehead atoms. The Bertz CT molecular complexity index is 1230. The van der Waals surface area contributed by atoms with Crippen LogP contribution in [0.4, 0.5) is 5.69 Å². The molecule has 1 atom stereocenters. The Morgan fingerprint density at radius 3 is 2.52 bits per heavy atom. The van der Waals surface area contributed by atoms with E-state index in [1.165, 1.54) is 6.07 Å². The summed E-state index contributed by atoms with van der Waals surface area (Å²) in [7, 11) is 0. The van der Waals surface area contributed by atoms with Crippen LogP contribution in [0, 0.1) is 6.92 Å². The van der Waals surface area contributed by atoms with E-state index < -0.39 is 23.8 Å². The Morgan fingerprint density at radius 2 is 1.79 bits per heavy atom. The van der Waals surface area contributed by atoms with Gasteiger partial charge in [-0.2, -0.15) is 0 Å². The summed E-state index contributed by atoms with van der Waals surface area (Å²) in [6.07, 6.45) is -0.297. The summed E-state index contributed by atoms with van der Waals surface area (Å²) >= 11 is 0. The molecule has 0 saturated carbocycles. The smallest absolute Gasteiger partial charge is 0.305 e. The summed E-state index contributed by atoms with van der Waals surface area (Å²) < 4.78 is 0. The van der Waals surface area contributed by atoms with Gasteiger partial charge >= 0.3 is 5.97 Å². The van der Waals surface area contributed by atoms with Crippen LogP contribution >= 0.6 is 0 Å². The highest BCUT2D eigenvalue weighted by atomic mass is 16.4. The number of aliphatic carboxylic acids is 1. The first-order valence-corrected chi connectivity index (χ1v) is 10.2. The van der Waals surface area contributed by atoms with Crippen molar-refractivity contribution >= 4 is 40.2 Å². The molecular weight excluding hydrogens is 422 g/mol. The van der Waals surface area contributed by atoms with Gasteiger partial charge in [0.15, 0.2) is 5.96 Å². The van der Waals surface area contributed by atoms with E-state index in [1.807, 2.05) is 43.3 Å². The second-order valence-electron chi connectivity index (χ2n) is 7.50. The topological polar surface area (TPSA) is 160 Å². The first kappa shape index (κ1) is 23.3. The Morgan fingerprint density at radius 1 is 1.03 bits per heavy atom.